The number of amides is 1. The molecule has 6 heteroatoms. The number of carbonyl (C=O) groups excluding carboxylic acids is 1. The third-order valence-electron chi connectivity index (χ3n) is 3.49. The van der Waals surface area contributed by atoms with E-state index in [1.54, 1.807) is 6.92 Å². The minimum Gasteiger partial charge on any atom is -0.352 e. The summed E-state index contributed by atoms with van der Waals surface area (Å²) >= 11 is 0. The summed E-state index contributed by atoms with van der Waals surface area (Å²) in [7, 11) is -3.74. The van der Waals surface area contributed by atoms with E-state index < -0.39 is 10.0 Å². The van der Waals surface area contributed by atoms with Crippen molar-refractivity contribution in [3.8, 4) is 0 Å². The second kappa shape index (κ2) is 6.37. The Bertz CT molecular complexity index is 594. The van der Waals surface area contributed by atoms with Crippen molar-refractivity contribution in [2.45, 2.75) is 32.6 Å². The van der Waals surface area contributed by atoms with E-state index in [-0.39, 0.29) is 10.8 Å². The Morgan fingerprint density at radius 3 is 2.35 bits per heavy atom. The maximum Gasteiger partial charge on any atom is 0.251 e. The summed E-state index contributed by atoms with van der Waals surface area (Å²) in [4.78, 5) is 12.1. The molecule has 1 rings (SSSR count). The smallest absolute Gasteiger partial charge is 0.251 e. The van der Waals surface area contributed by atoms with Gasteiger partial charge in [-0.15, -0.1) is 0 Å². The van der Waals surface area contributed by atoms with Crippen LogP contribution < -0.4 is 10.5 Å². The molecule has 0 aromatic heterocycles. The van der Waals surface area contributed by atoms with Crippen LogP contribution in [0.1, 0.15) is 36.7 Å². The number of nitrogens with two attached hydrogens (primary N) is 1. The molecule has 112 valence electrons. The monoisotopic (exact) mass is 298 g/mol. The molecule has 0 aliphatic rings. The quantitative estimate of drug-likeness (QED) is 0.866. The molecule has 0 heterocycles. The largest absolute Gasteiger partial charge is 0.352 e. The van der Waals surface area contributed by atoms with Gasteiger partial charge in [0, 0.05) is 12.1 Å². The normalized spacial score (nSPS) is 13.3. The molecule has 1 atom stereocenters. The van der Waals surface area contributed by atoms with Gasteiger partial charge in [-0.3, -0.25) is 4.79 Å². The number of carbonyl (C=O) groups is 1. The molecule has 1 aromatic rings. The lowest BCUT2D eigenvalue weighted by Crippen LogP contribution is -2.30. The summed E-state index contributed by atoms with van der Waals surface area (Å²) in [6.45, 7) is 8.55. The summed E-state index contributed by atoms with van der Waals surface area (Å²) in [5, 5.41) is 7.91. The molecule has 1 aromatic carbocycles. The van der Waals surface area contributed by atoms with Gasteiger partial charge in [0.05, 0.1) is 4.90 Å². The van der Waals surface area contributed by atoms with Crippen LogP contribution in [0.3, 0.4) is 0 Å². The zero-order valence-corrected chi connectivity index (χ0v) is 13.1. The Balaban J connectivity index is 2.85. The van der Waals surface area contributed by atoms with Crippen molar-refractivity contribution >= 4 is 15.9 Å². The number of nitrogens with one attached hydrogen (secondary N) is 1. The lowest BCUT2D eigenvalue weighted by atomic mass is 9.98. The first-order valence-electron chi connectivity index (χ1n) is 6.54. The van der Waals surface area contributed by atoms with Crippen molar-refractivity contribution in [3.63, 3.8) is 0 Å². The molecule has 0 aliphatic heterocycles. The van der Waals surface area contributed by atoms with Crippen LogP contribution in [0.15, 0.2) is 23.1 Å². The fourth-order valence-corrected chi connectivity index (χ4v) is 2.25. The number of sulfonamides is 1. The molecule has 0 saturated heterocycles. The van der Waals surface area contributed by atoms with E-state index >= 15 is 0 Å². The van der Waals surface area contributed by atoms with E-state index in [0.717, 1.165) is 0 Å². The topological polar surface area (TPSA) is 89.3 Å². The van der Waals surface area contributed by atoms with Gasteiger partial charge in [-0.05, 0) is 42.5 Å². The van der Waals surface area contributed by atoms with Gasteiger partial charge in [0.1, 0.15) is 0 Å². The molecule has 0 saturated carbocycles. The second-order valence-electron chi connectivity index (χ2n) is 5.45. The van der Waals surface area contributed by atoms with Gasteiger partial charge in [0.25, 0.3) is 5.91 Å². The van der Waals surface area contributed by atoms with Crippen LogP contribution in [0.2, 0.25) is 0 Å². The Labute approximate surface area is 120 Å². The summed E-state index contributed by atoms with van der Waals surface area (Å²) in [6, 6.07) is 4.25. The van der Waals surface area contributed by atoms with E-state index in [9.17, 15) is 13.2 Å². The number of primary sulfonamides is 1. The van der Waals surface area contributed by atoms with Gasteiger partial charge in [0.15, 0.2) is 0 Å². The lowest BCUT2D eigenvalue weighted by Gasteiger charge is -2.16. The standard InChI is InChI=1S/C14H22N2O3S/c1-9(2)11(4)8-16-14(17)13-6-5-12(7-10(13)3)20(15,18)19/h5-7,9,11H,8H2,1-4H3,(H,16,17)(H2,15,18,19). The van der Waals surface area contributed by atoms with Gasteiger partial charge in [0.2, 0.25) is 10.0 Å². The maximum atomic E-state index is 12.1. The maximum absolute atomic E-state index is 12.1. The Kier molecular flexibility index (Phi) is 5.30. The van der Waals surface area contributed by atoms with E-state index in [1.807, 2.05) is 0 Å². The summed E-state index contributed by atoms with van der Waals surface area (Å²) in [5.41, 5.74) is 1.06. The van der Waals surface area contributed by atoms with Crippen LogP contribution >= 0.6 is 0 Å². The second-order valence-corrected chi connectivity index (χ2v) is 7.01. The Morgan fingerprint density at radius 1 is 1.30 bits per heavy atom. The Morgan fingerprint density at radius 2 is 1.90 bits per heavy atom. The van der Waals surface area contributed by atoms with Gasteiger partial charge in [-0.1, -0.05) is 20.8 Å². The summed E-state index contributed by atoms with van der Waals surface area (Å²) < 4.78 is 22.5. The SMILES string of the molecule is Cc1cc(S(N)(=O)=O)ccc1C(=O)NCC(C)C(C)C. The number of rotatable bonds is 5. The van der Waals surface area contributed by atoms with Crippen molar-refractivity contribution in [3.05, 3.63) is 29.3 Å². The van der Waals surface area contributed by atoms with Crippen molar-refractivity contribution in [2.24, 2.45) is 17.0 Å². The molecule has 3 N–H and O–H groups in total. The third kappa shape index (κ3) is 4.31. The fourth-order valence-electron chi connectivity index (χ4n) is 1.65. The average Bonchev–Trinajstić information content (AvgIpc) is 2.34. The van der Waals surface area contributed by atoms with Crippen molar-refractivity contribution in [2.75, 3.05) is 6.54 Å². The average molecular weight is 298 g/mol. The van der Waals surface area contributed by atoms with E-state index in [4.69, 9.17) is 5.14 Å². The Hall–Kier alpha value is -1.40. The number of hydrogen-bond donors (Lipinski definition) is 2. The van der Waals surface area contributed by atoms with Crippen molar-refractivity contribution in [1.29, 1.82) is 0 Å². The summed E-state index contributed by atoms with van der Waals surface area (Å²) in [5.74, 6) is 0.667. The predicted molar refractivity (Wildman–Crippen MR) is 78.9 cm³/mol. The van der Waals surface area contributed by atoms with E-state index in [1.165, 1.54) is 18.2 Å². The minimum atomic E-state index is -3.74. The molecular formula is C14H22N2O3S. The molecule has 0 fully saturated rings. The molecular weight excluding hydrogens is 276 g/mol. The molecule has 20 heavy (non-hydrogen) atoms. The van der Waals surface area contributed by atoms with Gasteiger partial charge >= 0.3 is 0 Å². The van der Waals surface area contributed by atoms with E-state index in [2.05, 4.69) is 26.1 Å². The first-order chi connectivity index (χ1) is 9.12. The van der Waals surface area contributed by atoms with Crippen LogP contribution in [0, 0.1) is 18.8 Å². The zero-order chi connectivity index (χ0) is 15.5. The molecule has 0 bridgehead atoms. The van der Waals surface area contributed by atoms with Gasteiger partial charge in [-0.2, -0.15) is 0 Å². The zero-order valence-electron chi connectivity index (χ0n) is 12.3. The molecule has 0 radical (unpaired) electrons. The van der Waals surface area contributed by atoms with Crippen LogP contribution in [-0.4, -0.2) is 20.9 Å². The fraction of sp³-hybridized carbons (Fsp3) is 0.500. The number of aryl methyl sites for hydroxylation is 1. The lowest BCUT2D eigenvalue weighted by molar-refractivity contribution is 0.0944. The first kappa shape index (κ1) is 16.7. The van der Waals surface area contributed by atoms with Crippen molar-refractivity contribution in [1.82, 2.24) is 5.32 Å². The van der Waals surface area contributed by atoms with Gasteiger partial charge < -0.3 is 5.32 Å². The van der Waals surface area contributed by atoms with E-state index in [0.29, 0.717) is 29.5 Å². The number of benzene rings is 1. The first-order valence-corrected chi connectivity index (χ1v) is 8.09. The number of hydrogen-bond acceptors (Lipinski definition) is 3. The van der Waals surface area contributed by atoms with Crippen LogP contribution in [0.4, 0.5) is 0 Å². The molecule has 0 aliphatic carbocycles. The third-order valence-corrected chi connectivity index (χ3v) is 4.40. The van der Waals surface area contributed by atoms with Crippen LogP contribution in [0.25, 0.3) is 0 Å². The van der Waals surface area contributed by atoms with Crippen LogP contribution in [0.5, 0.6) is 0 Å². The van der Waals surface area contributed by atoms with Crippen molar-refractivity contribution < 1.29 is 13.2 Å². The van der Waals surface area contributed by atoms with Gasteiger partial charge in [-0.25, -0.2) is 13.6 Å². The molecule has 0 spiro atoms. The highest BCUT2D eigenvalue weighted by Crippen LogP contribution is 2.15. The molecule has 1 amide bonds. The minimum absolute atomic E-state index is 0.0158. The molecule has 1 unspecified atom stereocenters. The predicted octanol–water partition coefficient (Wildman–Crippen LogP) is 1.66. The summed E-state index contributed by atoms with van der Waals surface area (Å²) in [6.07, 6.45) is 0. The highest BCUT2D eigenvalue weighted by Gasteiger charge is 2.15. The highest BCUT2D eigenvalue weighted by atomic mass is 32.2. The van der Waals surface area contributed by atoms with Crippen LogP contribution in [-0.2, 0) is 10.0 Å². The highest BCUT2D eigenvalue weighted by molar-refractivity contribution is 7.89. The molecule has 5 nitrogen and oxygen atoms in total.